The van der Waals surface area contributed by atoms with Crippen LogP contribution in [0.15, 0.2) is 66.7 Å². The zero-order valence-electron chi connectivity index (χ0n) is 18.2. The minimum absolute atomic E-state index is 0.200. The maximum atomic E-state index is 11.0. The van der Waals surface area contributed by atoms with Gasteiger partial charge in [-0.1, -0.05) is 80.8 Å². The number of rotatable bonds is 8. The molecule has 0 bridgehead atoms. The van der Waals surface area contributed by atoms with Crippen LogP contribution in [0.3, 0.4) is 0 Å². The second-order valence-electron chi connectivity index (χ2n) is 9.15. The van der Waals surface area contributed by atoms with E-state index in [0.717, 1.165) is 36.9 Å². The maximum absolute atomic E-state index is 11.0. The van der Waals surface area contributed by atoms with E-state index < -0.39 is 0 Å². The fourth-order valence-corrected chi connectivity index (χ4v) is 5.96. The first kappa shape index (κ1) is 20.9. The summed E-state index contributed by atoms with van der Waals surface area (Å²) in [6.07, 6.45) is 8.62. The molecule has 0 spiro atoms. The molecule has 3 atom stereocenters. The van der Waals surface area contributed by atoms with E-state index in [-0.39, 0.29) is 17.4 Å². The Labute approximate surface area is 181 Å². The number of aliphatic hydroxyl groups is 1. The molecule has 0 amide bonds. The summed E-state index contributed by atoms with van der Waals surface area (Å²) < 4.78 is 0. The molecular weight excluding hydrogens is 366 g/mol. The molecule has 2 aromatic rings. The second-order valence-corrected chi connectivity index (χ2v) is 9.15. The number of unbranched alkanes of at least 4 members (excludes halogenated alkanes) is 3. The van der Waals surface area contributed by atoms with Crippen LogP contribution in [0.4, 0.5) is 5.69 Å². The highest BCUT2D eigenvalue weighted by molar-refractivity contribution is 5.90. The number of benzene rings is 2. The Hall–Kier alpha value is -2.32. The van der Waals surface area contributed by atoms with Crippen molar-refractivity contribution in [2.45, 2.75) is 64.4 Å². The molecule has 1 saturated carbocycles. The molecule has 2 nitrogen and oxygen atoms in total. The van der Waals surface area contributed by atoms with E-state index in [0.29, 0.717) is 0 Å². The van der Waals surface area contributed by atoms with Crippen LogP contribution in [0, 0.1) is 11.3 Å². The molecule has 2 aliphatic carbocycles. The molecule has 2 aliphatic rings. The first-order chi connectivity index (χ1) is 14.6. The summed E-state index contributed by atoms with van der Waals surface area (Å²) in [5.41, 5.74) is 13.3. The van der Waals surface area contributed by atoms with E-state index >= 15 is 0 Å². The van der Waals surface area contributed by atoms with Crippen molar-refractivity contribution in [2.75, 3.05) is 5.73 Å². The van der Waals surface area contributed by atoms with Crippen LogP contribution >= 0.6 is 0 Å². The summed E-state index contributed by atoms with van der Waals surface area (Å²) in [5.74, 6) is 0.211. The van der Waals surface area contributed by atoms with Gasteiger partial charge in [0, 0.05) is 17.0 Å². The lowest BCUT2D eigenvalue weighted by atomic mass is 9.66. The van der Waals surface area contributed by atoms with E-state index in [1.807, 2.05) is 6.07 Å². The van der Waals surface area contributed by atoms with Crippen LogP contribution in [-0.2, 0) is 0 Å². The van der Waals surface area contributed by atoms with E-state index in [9.17, 15) is 5.11 Å². The Morgan fingerprint density at radius 2 is 1.90 bits per heavy atom. The monoisotopic (exact) mass is 401 g/mol. The van der Waals surface area contributed by atoms with Crippen molar-refractivity contribution >= 4 is 16.8 Å². The fourth-order valence-electron chi connectivity index (χ4n) is 5.96. The standard InChI is InChI=1S/C28H35NO/c1-3-4-5-7-13-23-19-25-26(30)16-17-28(25,20(2)21-11-8-6-9-12-21)27(23)22-14-10-15-24(29)18-22/h6,8-12,14-15,18,25-26,30H,2-5,7,13,16-17,19,29H2,1H3. The topological polar surface area (TPSA) is 46.2 Å². The lowest BCUT2D eigenvalue weighted by molar-refractivity contribution is 0.120. The minimum Gasteiger partial charge on any atom is -0.399 e. The molecule has 2 heteroatoms. The third-order valence-corrected chi connectivity index (χ3v) is 7.37. The average Bonchev–Trinajstić information content (AvgIpc) is 3.26. The second kappa shape index (κ2) is 8.81. The van der Waals surface area contributed by atoms with Crippen LogP contribution in [0.25, 0.3) is 11.1 Å². The Morgan fingerprint density at radius 1 is 1.10 bits per heavy atom. The number of aliphatic hydroxyl groups excluding tert-OH is 1. The van der Waals surface area contributed by atoms with Crippen molar-refractivity contribution in [3.8, 4) is 0 Å². The zero-order valence-corrected chi connectivity index (χ0v) is 18.2. The number of nitrogen functional groups attached to an aromatic ring is 1. The van der Waals surface area contributed by atoms with Crippen LogP contribution in [0.2, 0.25) is 0 Å². The number of nitrogens with two attached hydrogens (primary N) is 1. The lowest BCUT2D eigenvalue weighted by Crippen LogP contribution is -2.29. The number of anilines is 1. The zero-order chi connectivity index (χ0) is 21.1. The summed E-state index contributed by atoms with van der Waals surface area (Å²) >= 11 is 0. The number of hydrogen-bond donors (Lipinski definition) is 2. The van der Waals surface area contributed by atoms with Gasteiger partial charge in [-0.2, -0.15) is 0 Å². The van der Waals surface area contributed by atoms with Gasteiger partial charge in [0.2, 0.25) is 0 Å². The quantitative estimate of drug-likeness (QED) is 0.374. The molecule has 1 fully saturated rings. The van der Waals surface area contributed by atoms with Gasteiger partial charge in [0.15, 0.2) is 0 Å². The van der Waals surface area contributed by atoms with Crippen LogP contribution in [0.5, 0.6) is 0 Å². The highest BCUT2D eigenvalue weighted by atomic mass is 16.3. The third-order valence-electron chi connectivity index (χ3n) is 7.37. The van der Waals surface area contributed by atoms with Gasteiger partial charge in [-0.3, -0.25) is 0 Å². The summed E-state index contributed by atoms with van der Waals surface area (Å²) in [6.45, 7) is 6.90. The van der Waals surface area contributed by atoms with Crippen LogP contribution in [-0.4, -0.2) is 11.2 Å². The van der Waals surface area contributed by atoms with Crippen molar-refractivity contribution in [2.24, 2.45) is 11.3 Å². The normalized spacial score (nSPS) is 25.5. The predicted octanol–water partition coefficient (Wildman–Crippen LogP) is 6.87. The number of hydrogen-bond acceptors (Lipinski definition) is 2. The van der Waals surface area contributed by atoms with Crippen molar-refractivity contribution in [3.63, 3.8) is 0 Å². The first-order valence-electron chi connectivity index (χ1n) is 11.6. The number of fused-ring (bicyclic) bond motifs is 1. The van der Waals surface area contributed by atoms with E-state index in [2.05, 4.69) is 62.0 Å². The molecule has 2 aromatic carbocycles. The molecule has 0 heterocycles. The molecule has 0 aromatic heterocycles. The molecule has 0 aliphatic heterocycles. The van der Waals surface area contributed by atoms with E-state index in [1.165, 1.54) is 48.0 Å². The molecule has 3 N–H and O–H groups in total. The van der Waals surface area contributed by atoms with E-state index in [4.69, 9.17) is 5.73 Å². The van der Waals surface area contributed by atoms with Gasteiger partial charge in [-0.15, -0.1) is 0 Å². The van der Waals surface area contributed by atoms with Gasteiger partial charge in [0.1, 0.15) is 0 Å². The Balaban J connectivity index is 1.82. The fraction of sp³-hybridized carbons (Fsp3) is 0.429. The van der Waals surface area contributed by atoms with Gasteiger partial charge >= 0.3 is 0 Å². The smallest absolute Gasteiger partial charge is 0.0583 e. The van der Waals surface area contributed by atoms with Crippen molar-refractivity contribution < 1.29 is 5.11 Å². The molecule has 0 radical (unpaired) electrons. The molecular formula is C28H35NO. The van der Waals surface area contributed by atoms with Gasteiger partial charge in [-0.25, -0.2) is 0 Å². The highest BCUT2D eigenvalue weighted by Gasteiger charge is 2.56. The summed E-state index contributed by atoms with van der Waals surface area (Å²) in [4.78, 5) is 0. The SMILES string of the molecule is C=C(c1ccccc1)C12CCC(O)C1CC(CCCCCC)=C2c1cccc(N)c1. The molecule has 158 valence electrons. The largest absolute Gasteiger partial charge is 0.399 e. The van der Waals surface area contributed by atoms with Crippen molar-refractivity contribution in [1.29, 1.82) is 0 Å². The number of allylic oxidation sites excluding steroid dienone is 3. The van der Waals surface area contributed by atoms with Gasteiger partial charge in [0.05, 0.1) is 6.10 Å². The van der Waals surface area contributed by atoms with Crippen LogP contribution < -0.4 is 5.73 Å². The summed E-state index contributed by atoms with van der Waals surface area (Å²) in [5, 5.41) is 11.0. The maximum Gasteiger partial charge on any atom is 0.0583 e. The third kappa shape index (κ3) is 3.63. The molecule has 30 heavy (non-hydrogen) atoms. The highest BCUT2D eigenvalue weighted by Crippen LogP contribution is 2.66. The first-order valence-corrected chi connectivity index (χ1v) is 11.6. The van der Waals surface area contributed by atoms with Gasteiger partial charge < -0.3 is 10.8 Å². The summed E-state index contributed by atoms with van der Waals surface area (Å²) in [6, 6.07) is 18.9. The van der Waals surface area contributed by atoms with Gasteiger partial charge in [-0.05, 0) is 66.5 Å². The van der Waals surface area contributed by atoms with Crippen LogP contribution in [0.1, 0.15) is 69.4 Å². The average molecular weight is 402 g/mol. The summed E-state index contributed by atoms with van der Waals surface area (Å²) in [7, 11) is 0. The molecule has 4 rings (SSSR count). The Bertz CT molecular complexity index is 929. The van der Waals surface area contributed by atoms with Crippen molar-refractivity contribution in [3.05, 3.63) is 77.9 Å². The molecule has 3 unspecified atom stereocenters. The van der Waals surface area contributed by atoms with Gasteiger partial charge in [0.25, 0.3) is 0 Å². The Kier molecular flexibility index (Phi) is 6.15. The minimum atomic E-state index is -0.269. The lowest BCUT2D eigenvalue weighted by Gasteiger charge is -2.37. The molecule has 0 saturated heterocycles. The van der Waals surface area contributed by atoms with Crippen molar-refractivity contribution in [1.82, 2.24) is 0 Å². The Morgan fingerprint density at radius 3 is 2.63 bits per heavy atom. The van der Waals surface area contributed by atoms with E-state index in [1.54, 1.807) is 0 Å². The predicted molar refractivity (Wildman–Crippen MR) is 128 cm³/mol.